The van der Waals surface area contributed by atoms with Crippen LogP contribution in [0.25, 0.3) is 0 Å². The van der Waals surface area contributed by atoms with Gasteiger partial charge >= 0.3 is 0 Å². The number of hydrogen-bond acceptors (Lipinski definition) is 2. The molecule has 1 aliphatic heterocycles. The topological polar surface area (TPSA) is 21.3 Å². The maximum atomic E-state index is 5.87. The second kappa shape index (κ2) is 5.29. The number of ether oxygens (including phenoxy) is 1. The summed E-state index contributed by atoms with van der Waals surface area (Å²) in [5.41, 5.74) is 1.27. The first-order valence-electron chi connectivity index (χ1n) is 5.73. The third-order valence-electron chi connectivity index (χ3n) is 3.01. The normalized spacial score (nSPS) is 22.9. The summed E-state index contributed by atoms with van der Waals surface area (Å²) in [5, 5.41) is 3.36. The molecule has 1 aromatic carbocycles. The van der Waals surface area contributed by atoms with Crippen LogP contribution in [-0.4, -0.2) is 19.7 Å². The predicted molar refractivity (Wildman–Crippen MR) is 61.8 cm³/mol. The van der Waals surface area contributed by atoms with Crippen LogP contribution < -0.4 is 5.32 Å². The van der Waals surface area contributed by atoms with Crippen LogP contribution in [-0.2, 0) is 4.74 Å². The van der Waals surface area contributed by atoms with Crippen LogP contribution in [0.15, 0.2) is 30.3 Å². The Labute approximate surface area is 91.6 Å². The summed E-state index contributed by atoms with van der Waals surface area (Å²) in [6, 6.07) is 10.4. The summed E-state index contributed by atoms with van der Waals surface area (Å²) < 4.78 is 5.87. The molecule has 1 aliphatic rings. The first kappa shape index (κ1) is 10.7. The minimum Gasteiger partial charge on any atom is -0.373 e. The summed E-state index contributed by atoms with van der Waals surface area (Å²) in [6.45, 7) is 5.26. The molecule has 2 nitrogen and oxygen atoms in total. The van der Waals surface area contributed by atoms with Gasteiger partial charge in [0.25, 0.3) is 0 Å². The molecule has 0 radical (unpaired) electrons. The molecular formula is C13H19NO. The van der Waals surface area contributed by atoms with Crippen molar-refractivity contribution in [1.82, 2.24) is 5.32 Å². The van der Waals surface area contributed by atoms with Gasteiger partial charge in [0.1, 0.15) is 0 Å². The second-order valence-electron chi connectivity index (χ2n) is 4.25. The highest BCUT2D eigenvalue weighted by atomic mass is 16.5. The minimum absolute atomic E-state index is 0.215. The van der Waals surface area contributed by atoms with Crippen LogP contribution in [0, 0.1) is 5.92 Å². The van der Waals surface area contributed by atoms with Crippen LogP contribution in [0.2, 0.25) is 0 Å². The van der Waals surface area contributed by atoms with E-state index in [4.69, 9.17) is 4.74 Å². The third-order valence-corrected chi connectivity index (χ3v) is 3.01. The molecule has 2 heteroatoms. The Bertz CT molecular complexity index is 280. The fraction of sp³-hybridized carbons (Fsp3) is 0.538. The number of benzene rings is 1. The average Bonchev–Trinajstić information content (AvgIpc) is 2.80. The Morgan fingerprint density at radius 1 is 1.40 bits per heavy atom. The van der Waals surface area contributed by atoms with Gasteiger partial charge in [0.05, 0.1) is 12.7 Å². The zero-order valence-corrected chi connectivity index (χ0v) is 9.28. The Kier molecular flexibility index (Phi) is 3.75. The van der Waals surface area contributed by atoms with Gasteiger partial charge in [0, 0.05) is 6.54 Å². The van der Waals surface area contributed by atoms with E-state index in [-0.39, 0.29) is 6.10 Å². The van der Waals surface area contributed by atoms with Crippen molar-refractivity contribution in [1.29, 1.82) is 0 Å². The fourth-order valence-corrected chi connectivity index (χ4v) is 1.96. The lowest BCUT2D eigenvalue weighted by molar-refractivity contribution is 0.0435. The third kappa shape index (κ3) is 3.05. The van der Waals surface area contributed by atoms with Crippen molar-refractivity contribution in [3.05, 3.63) is 35.9 Å². The molecule has 1 saturated heterocycles. The SMILES string of the molecule is CC(OCC1CCNC1)c1ccccc1. The van der Waals surface area contributed by atoms with E-state index in [9.17, 15) is 0 Å². The zero-order valence-electron chi connectivity index (χ0n) is 9.28. The Hall–Kier alpha value is -0.860. The van der Waals surface area contributed by atoms with Gasteiger partial charge in [-0.15, -0.1) is 0 Å². The van der Waals surface area contributed by atoms with Crippen molar-refractivity contribution in [3.8, 4) is 0 Å². The molecule has 15 heavy (non-hydrogen) atoms. The second-order valence-corrected chi connectivity index (χ2v) is 4.25. The molecule has 2 rings (SSSR count). The fourth-order valence-electron chi connectivity index (χ4n) is 1.96. The maximum absolute atomic E-state index is 5.87. The molecule has 0 aromatic heterocycles. The standard InChI is InChI=1S/C13H19NO/c1-11(13-5-3-2-4-6-13)15-10-12-7-8-14-9-12/h2-6,11-12,14H,7-10H2,1H3. The van der Waals surface area contributed by atoms with E-state index >= 15 is 0 Å². The van der Waals surface area contributed by atoms with Crippen molar-refractivity contribution in [2.24, 2.45) is 5.92 Å². The molecule has 0 bridgehead atoms. The lowest BCUT2D eigenvalue weighted by atomic mass is 10.1. The number of hydrogen-bond donors (Lipinski definition) is 1. The van der Waals surface area contributed by atoms with Crippen molar-refractivity contribution in [2.75, 3.05) is 19.7 Å². The lowest BCUT2D eigenvalue weighted by Crippen LogP contribution is -2.15. The predicted octanol–water partition coefficient (Wildman–Crippen LogP) is 2.37. The molecular weight excluding hydrogens is 186 g/mol. The maximum Gasteiger partial charge on any atom is 0.0796 e. The van der Waals surface area contributed by atoms with Crippen LogP contribution in [0.3, 0.4) is 0 Å². The highest BCUT2D eigenvalue weighted by Gasteiger charge is 2.16. The Morgan fingerprint density at radius 2 is 2.20 bits per heavy atom. The van der Waals surface area contributed by atoms with Crippen LogP contribution in [0.1, 0.15) is 25.0 Å². The van der Waals surface area contributed by atoms with Gasteiger partial charge in [-0.2, -0.15) is 0 Å². The zero-order chi connectivity index (χ0) is 10.5. The number of rotatable bonds is 4. The Morgan fingerprint density at radius 3 is 2.87 bits per heavy atom. The monoisotopic (exact) mass is 205 g/mol. The highest BCUT2D eigenvalue weighted by molar-refractivity contribution is 5.16. The molecule has 0 saturated carbocycles. The van der Waals surface area contributed by atoms with Gasteiger partial charge in [-0.3, -0.25) is 0 Å². The van der Waals surface area contributed by atoms with Crippen LogP contribution in [0.5, 0.6) is 0 Å². The molecule has 0 aliphatic carbocycles. The van der Waals surface area contributed by atoms with Crippen molar-refractivity contribution in [3.63, 3.8) is 0 Å². The van der Waals surface area contributed by atoms with Crippen LogP contribution >= 0.6 is 0 Å². The molecule has 0 spiro atoms. The number of nitrogens with one attached hydrogen (secondary N) is 1. The molecule has 2 unspecified atom stereocenters. The first-order chi connectivity index (χ1) is 7.36. The summed E-state index contributed by atoms with van der Waals surface area (Å²) in [5.74, 6) is 0.705. The first-order valence-corrected chi connectivity index (χ1v) is 5.73. The van der Waals surface area contributed by atoms with Crippen LogP contribution in [0.4, 0.5) is 0 Å². The van der Waals surface area contributed by atoms with E-state index in [1.165, 1.54) is 12.0 Å². The van der Waals surface area contributed by atoms with E-state index in [1.807, 2.05) is 6.07 Å². The van der Waals surface area contributed by atoms with E-state index in [2.05, 4.69) is 36.5 Å². The molecule has 1 heterocycles. The molecule has 1 aromatic rings. The lowest BCUT2D eigenvalue weighted by Gasteiger charge is -2.16. The summed E-state index contributed by atoms with van der Waals surface area (Å²) in [4.78, 5) is 0. The van der Waals surface area contributed by atoms with Gasteiger partial charge in [-0.25, -0.2) is 0 Å². The Balaban J connectivity index is 1.79. The van der Waals surface area contributed by atoms with Crippen molar-refractivity contribution >= 4 is 0 Å². The highest BCUT2D eigenvalue weighted by Crippen LogP contribution is 2.18. The summed E-state index contributed by atoms with van der Waals surface area (Å²) in [6.07, 6.45) is 1.47. The molecule has 1 N–H and O–H groups in total. The van der Waals surface area contributed by atoms with Crippen molar-refractivity contribution < 1.29 is 4.74 Å². The summed E-state index contributed by atoms with van der Waals surface area (Å²) >= 11 is 0. The van der Waals surface area contributed by atoms with E-state index in [1.54, 1.807) is 0 Å². The quantitative estimate of drug-likeness (QED) is 0.815. The van der Waals surface area contributed by atoms with E-state index < -0.39 is 0 Å². The van der Waals surface area contributed by atoms with E-state index in [0.717, 1.165) is 19.7 Å². The van der Waals surface area contributed by atoms with Gasteiger partial charge in [0.2, 0.25) is 0 Å². The van der Waals surface area contributed by atoms with Gasteiger partial charge in [-0.1, -0.05) is 30.3 Å². The molecule has 0 amide bonds. The molecule has 1 fully saturated rings. The smallest absolute Gasteiger partial charge is 0.0796 e. The van der Waals surface area contributed by atoms with Gasteiger partial charge in [0.15, 0.2) is 0 Å². The van der Waals surface area contributed by atoms with Gasteiger partial charge in [-0.05, 0) is 31.4 Å². The molecule has 82 valence electrons. The van der Waals surface area contributed by atoms with Crippen molar-refractivity contribution in [2.45, 2.75) is 19.4 Å². The largest absolute Gasteiger partial charge is 0.373 e. The summed E-state index contributed by atoms with van der Waals surface area (Å²) in [7, 11) is 0. The molecule has 2 atom stereocenters. The van der Waals surface area contributed by atoms with Gasteiger partial charge < -0.3 is 10.1 Å². The minimum atomic E-state index is 0.215. The average molecular weight is 205 g/mol. The van der Waals surface area contributed by atoms with E-state index in [0.29, 0.717) is 5.92 Å².